The molecular weight excluding hydrogens is 464 g/mol. The number of nitrogens with one attached hydrogen (secondary N) is 1. The summed E-state index contributed by atoms with van der Waals surface area (Å²) in [4.78, 5) is 29.5. The van der Waals surface area contributed by atoms with Crippen LogP contribution < -0.4 is 16.0 Å². The molecule has 0 amide bonds. The maximum absolute atomic E-state index is 13.0. The van der Waals surface area contributed by atoms with Crippen molar-refractivity contribution in [2.45, 2.75) is 18.4 Å². The van der Waals surface area contributed by atoms with E-state index in [-0.39, 0.29) is 33.4 Å². The average Bonchev–Trinajstić information content (AvgIpc) is 3.28. The van der Waals surface area contributed by atoms with Crippen molar-refractivity contribution in [1.82, 2.24) is 10.3 Å². The molecule has 0 atom stereocenters. The van der Waals surface area contributed by atoms with Gasteiger partial charge in [0.15, 0.2) is 0 Å². The largest absolute Gasteiger partial charge is 0.438 e. The van der Waals surface area contributed by atoms with Crippen LogP contribution in [0.25, 0.3) is 16.8 Å². The third kappa shape index (κ3) is 4.56. The summed E-state index contributed by atoms with van der Waals surface area (Å²) in [5.74, 6) is -0.788. The fourth-order valence-electron chi connectivity index (χ4n) is 3.57. The first kappa shape index (κ1) is 23.5. The topological polar surface area (TPSA) is 153 Å². The van der Waals surface area contributed by atoms with Crippen LogP contribution in [-0.4, -0.2) is 21.8 Å². The van der Waals surface area contributed by atoms with E-state index in [1.807, 2.05) is 37.3 Å². The van der Waals surface area contributed by atoms with Gasteiger partial charge >= 0.3 is 11.3 Å². The number of aromatic nitrogens is 3. The summed E-state index contributed by atoms with van der Waals surface area (Å²) in [6.45, 7) is 2.03. The quantitative estimate of drug-likeness (QED) is 0.231. The van der Waals surface area contributed by atoms with E-state index in [1.54, 1.807) is 30.3 Å². The van der Waals surface area contributed by atoms with Crippen molar-refractivity contribution in [2.75, 3.05) is 11.5 Å². The Morgan fingerprint density at radius 3 is 2.43 bits per heavy atom. The van der Waals surface area contributed by atoms with Gasteiger partial charge < -0.3 is 5.73 Å². The predicted octanol–water partition coefficient (Wildman–Crippen LogP) is 3.17. The number of hydrogen-bond acceptors (Lipinski definition) is 8. The summed E-state index contributed by atoms with van der Waals surface area (Å²) in [7, 11) is 0. The molecule has 4 rings (SSSR count). The number of para-hydroxylation sites is 1. The van der Waals surface area contributed by atoms with E-state index in [9.17, 15) is 20.1 Å². The Morgan fingerprint density at radius 2 is 1.80 bits per heavy atom. The van der Waals surface area contributed by atoms with Crippen LogP contribution in [0.3, 0.4) is 0 Å². The second kappa shape index (κ2) is 10.1. The molecule has 4 aromatic rings. The van der Waals surface area contributed by atoms with Gasteiger partial charge in [-0.25, -0.2) is 9.78 Å². The van der Waals surface area contributed by atoms with Gasteiger partial charge in [0, 0.05) is 17.7 Å². The second-order valence-electron chi connectivity index (χ2n) is 7.41. The van der Waals surface area contributed by atoms with Crippen LogP contribution in [0.1, 0.15) is 34.1 Å². The Labute approximate surface area is 204 Å². The highest BCUT2D eigenvalue weighted by Gasteiger charge is 2.31. The number of Topliss-reactive ketones (excluding diaryl/α,β-unsaturated/α-hetero) is 1. The highest BCUT2D eigenvalue weighted by Crippen LogP contribution is 2.35. The van der Waals surface area contributed by atoms with E-state index >= 15 is 0 Å². The lowest BCUT2D eigenvalue weighted by Gasteiger charge is -2.13. The predicted molar refractivity (Wildman–Crippen MR) is 129 cm³/mol. The molecule has 0 fully saturated rings. The molecule has 0 bridgehead atoms. The molecule has 2 aromatic heterocycles. The van der Waals surface area contributed by atoms with Gasteiger partial charge in [0.25, 0.3) is 0 Å². The van der Waals surface area contributed by atoms with Crippen LogP contribution in [0.5, 0.6) is 0 Å². The first-order valence-electron chi connectivity index (χ1n) is 10.6. The third-order valence-corrected chi connectivity index (χ3v) is 6.31. The number of carbonyl (C=O) groups excluding carboxylic acids is 1. The molecule has 172 valence electrons. The minimum Gasteiger partial charge on any atom is -0.383 e. The molecule has 0 saturated heterocycles. The molecule has 9 nitrogen and oxygen atoms in total. The van der Waals surface area contributed by atoms with Crippen molar-refractivity contribution >= 4 is 23.4 Å². The van der Waals surface area contributed by atoms with Crippen molar-refractivity contribution in [3.8, 4) is 29.0 Å². The normalized spacial score (nSPS) is 10.5. The number of aromatic amines is 1. The lowest BCUT2D eigenvalue weighted by atomic mass is 9.96. The molecule has 0 saturated carbocycles. The maximum Gasteiger partial charge on any atom is 0.438 e. The van der Waals surface area contributed by atoms with E-state index in [4.69, 9.17) is 10.3 Å². The number of rotatable bonds is 7. The zero-order chi connectivity index (χ0) is 24.9. The second-order valence-corrected chi connectivity index (χ2v) is 8.38. The number of thioether (sulfide) groups is 1. The van der Waals surface area contributed by atoms with Gasteiger partial charge in [-0.05, 0) is 27.5 Å². The fourth-order valence-corrected chi connectivity index (χ4v) is 4.43. The summed E-state index contributed by atoms with van der Waals surface area (Å²) in [6.07, 6.45) is 0.842. The van der Waals surface area contributed by atoms with Crippen LogP contribution in [-0.2, 0) is 6.42 Å². The fraction of sp³-hybridized carbons (Fsp3) is 0.120. The Kier molecular flexibility index (Phi) is 6.76. The van der Waals surface area contributed by atoms with Crippen molar-refractivity contribution in [3.63, 3.8) is 0 Å². The van der Waals surface area contributed by atoms with Gasteiger partial charge in [0.1, 0.15) is 28.5 Å². The summed E-state index contributed by atoms with van der Waals surface area (Å²) in [5.41, 5.74) is 7.93. The number of H-pyrrole nitrogens is 1. The van der Waals surface area contributed by atoms with Gasteiger partial charge in [0.2, 0.25) is 11.5 Å². The zero-order valence-corrected chi connectivity index (χ0v) is 19.4. The smallest absolute Gasteiger partial charge is 0.383 e. The Morgan fingerprint density at radius 1 is 1.11 bits per heavy atom. The van der Waals surface area contributed by atoms with Crippen molar-refractivity contribution in [2.24, 2.45) is 0 Å². The number of hydrogen-bond donors (Lipinski definition) is 2. The number of aryl methyl sites for hydroxylation is 1. The molecule has 2 heterocycles. The number of nitrogens with two attached hydrogens (primary N) is 1. The van der Waals surface area contributed by atoms with Crippen LogP contribution in [0.4, 0.5) is 5.82 Å². The van der Waals surface area contributed by atoms with E-state index in [0.29, 0.717) is 16.8 Å². The lowest BCUT2D eigenvalue weighted by molar-refractivity contribution is -0.672. The van der Waals surface area contributed by atoms with Gasteiger partial charge in [0.05, 0.1) is 11.3 Å². The SMILES string of the molecule is CCc1ccc(-c2c(C#N)c(N)nc(SCC(=O)c3c(=O)o[nH][n+]3-c3ccccc3)c2C#N)cc1. The number of anilines is 1. The molecule has 0 aliphatic rings. The van der Waals surface area contributed by atoms with E-state index in [2.05, 4.69) is 16.3 Å². The van der Waals surface area contributed by atoms with Crippen molar-refractivity contribution in [3.05, 3.63) is 87.4 Å². The monoisotopic (exact) mass is 483 g/mol. The molecular formula is C25H19N6O3S+. The van der Waals surface area contributed by atoms with Crippen molar-refractivity contribution in [1.29, 1.82) is 10.5 Å². The number of nitrogen functional groups attached to an aromatic ring is 1. The van der Waals surface area contributed by atoms with Crippen molar-refractivity contribution < 1.29 is 14.0 Å². The van der Waals surface area contributed by atoms with Gasteiger partial charge in [-0.3, -0.25) is 9.32 Å². The molecule has 10 heteroatoms. The molecule has 0 aliphatic carbocycles. The molecule has 3 N–H and O–H groups in total. The van der Waals surface area contributed by atoms with E-state index in [0.717, 1.165) is 23.7 Å². The molecule has 0 aliphatic heterocycles. The summed E-state index contributed by atoms with van der Waals surface area (Å²) < 4.78 is 6.10. The molecule has 0 radical (unpaired) electrons. The zero-order valence-electron chi connectivity index (χ0n) is 18.6. The highest BCUT2D eigenvalue weighted by atomic mass is 32.2. The molecule has 0 unspecified atom stereocenters. The summed E-state index contributed by atoms with van der Waals surface area (Å²) in [6, 6.07) is 20.4. The average molecular weight is 484 g/mol. The van der Waals surface area contributed by atoms with Crippen LogP contribution >= 0.6 is 11.8 Å². The number of ketones is 1. The number of benzene rings is 2. The Hall–Kier alpha value is -4.67. The van der Waals surface area contributed by atoms with E-state index < -0.39 is 11.4 Å². The molecule has 0 spiro atoms. The third-order valence-electron chi connectivity index (χ3n) is 5.33. The lowest BCUT2D eigenvalue weighted by Crippen LogP contribution is -2.41. The van der Waals surface area contributed by atoms with Crippen LogP contribution in [0.15, 0.2) is 68.9 Å². The first-order valence-corrected chi connectivity index (χ1v) is 11.5. The van der Waals surface area contributed by atoms with Crippen LogP contribution in [0, 0.1) is 22.7 Å². The molecule has 35 heavy (non-hydrogen) atoms. The van der Waals surface area contributed by atoms with E-state index in [1.165, 1.54) is 4.68 Å². The van der Waals surface area contributed by atoms with Crippen LogP contribution in [0.2, 0.25) is 0 Å². The maximum atomic E-state index is 13.0. The minimum atomic E-state index is -0.816. The number of carbonyl (C=O) groups is 1. The van der Waals surface area contributed by atoms with Gasteiger partial charge in [-0.15, -0.1) is 0 Å². The van der Waals surface area contributed by atoms with Gasteiger partial charge in [-0.2, -0.15) is 10.5 Å². The highest BCUT2D eigenvalue weighted by molar-refractivity contribution is 8.00. The molecule has 2 aromatic carbocycles. The number of nitriles is 2. The Bertz CT molecular complexity index is 1540. The summed E-state index contributed by atoms with van der Waals surface area (Å²) in [5, 5.41) is 22.3. The standard InChI is InChI=1S/C25H18N6O3S/c1-2-15-8-10-16(11-9-15)21-18(12-26)23(28)29-24(19(21)13-27)35-14-20(32)22-25(33)34-30-31(22)17-6-4-3-5-7-17/h3-11H,2,14H2,1H3,(H2-,28,29,30,32,33)/p+1. The van der Waals surface area contributed by atoms with Gasteiger partial charge in [-0.1, -0.05) is 61.2 Å². The minimum absolute atomic E-state index is 0.0449. The first-order chi connectivity index (χ1) is 17.0. The Balaban J connectivity index is 1.71. The number of pyridine rings is 1. The number of nitrogens with zero attached hydrogens (tertiary/aromatic N) is 4. The summed E-state index contributed by atoms with van der Waals surface area (Å²) >= 11 is 0.960.